The normalized spacial score (nSPS) is 13.2. The summed E-state index contributed by atoms with van der Waals surface area (Å²) in [5, 5.41) is 0. The number of allylic oxidation sites excluding steroid dienone is 4. The number of rotatable bonds is 5. The van der Waals surface area contributed by atoms with Gasteiger partial charge in [0.2, 0.25) is 0 Å². The third-order valence-electron chi connectivity index (χ3n) is 2.88. The molecule has 0 saturated carbocycles. The van der Waals surface area contributed by atoms with Crippen molar-refractivity contribution in [2.75, 3.05) is 7.11 Å². The van der Waals surface area contributed by atoms with Gasteiger partial charge in [-0.1, -0.05) is 19.2 Å². The molecule has 0 N–H and O–H groups in total. The Morgan fingerprint density at radius 2 is 2.16 bits per heavy atom. The molecule has 0 spiro atoms. The van der Waals surface area contributed by atoms with E-state index in [-0.39, 0.29) is 4.48 Å². The van der Waals surface area contributed by atoms with Crippen LogP contribution in [-0.4, -0.2) is 16.7 Å². The predicted octanol–water partition coefficient (Wildman–Crippen LogP) is 4.08. The van der Waals surface area contributed by atoms with Gasteiger partial charge >= 0.3 is 0 Å². The summed E-state index contributed by atoms with van der Waals surface area (Å²) in [5.41, 5.74) is 0.243. The molecule has 0 unspecified atom stereocenters. The molecule has 104 valence electrons. The van der Waals surface area contributed by atoms with Gasteiger partial charge in [-0.3, -0.25) is 0 Å². The van der Waals surface area contributed by atoms with Gasteiger partial charge in [-0.25, -0.2) is 9.37 Å². The Hall–Kier alpha value is -1.20. The monoisotopic (exact) mass is 328 g/mol. The fourth-order valence-electron chi connectivity index (χ4n) is 1.70. The van der Waals surface area contributed by atoms with E-state index in [1.54, 1.807) is 13.3 Å². The van der Waals surface area contributed by atoms with Crippen LogP contribution in [0.25, 0.3) is 5.57 Å². The van der Waals surface area contributed by atoms with E-state index < -0.39 is 11.4 Å². The number of methoxy groups -OCH3 is 1. The van der Waals surface area contributed by atoms with E-state index in [2.05, 4.69) is 34.1 Å². The second-order valence-electron chi connectivity index (χ2n) is 4.61. The van der Waals surface area contributed by atoms with Crippen LogP contribution in [0.1, 0.15) is 25.4 Å². The number of aromatic nitrogens is 2. The average molecular weight is 329 g/mol. The van der Waals surface area contributed by atoms with E-state index in [4.69, 9.17) is 4.74 Å². The SMILES string of the molecule is C=C/C(=C(/F)C(=C)Br)c1cn(C)c(C(C)(C)OC)n1. The van der Waals surface area contributed by atoms with Gasteiger partial charge in [0.25, 0.3) is 0 Å². The molecule has 0 aliphatic rings. The predicted molar refractivity (Wildman–Crippen MR) is 79.5 cm³/mol. The Balaban J connectivity index is 3.39. The van der Waals surface area contributed by atoms with Crippen LogP contribution in [0.2, 0.25) is 0 Å². The third-order valence-corrected chi connectivity index (χ3v) is 3.23. The lowest BCUT2D eigenvalue weighted by Crippen LogP contribution is -2.23. The molecule has 1 aromatic rings. The lowest BCUT2D eigenvalue weighted by Gasteiger charge is -2.21. The van der Waals surface area contributed by atoms with Crippen LogP contribution < -0.4 is 0 Å². The van der Waals surface area contributed by atoms with Crippen molar-refractivity contribution in [2.45, 2.75) is 19.4 Å². The minimum absolute atomic E-state index is 0.167. The summed E-state index contributed by atoms with van der Waals surface area (Å²) in [6.07, 6.45) is 3.16. The minimum atomic E-state index is -0.554. The summed E-state index contributed by atoms with van der Waals surface area (Å²) < 4.78 is 21.3. The summed E-state index contributed by atoms with van der Waals surface area (Å²) in [5.74, 6) is 0.229. The van der Waals surface area contributed by atoms with Crippen molar-refractivity contribution >= 4 is 21.5 Å². The Morgan fingerprint density at radius 1 is 1.58 bits per heavy atom. The smallest absolute Gasteiger partial charge is 0.146 e. The topological polar surface area (TPSA) is 27.1 Å². The zero-order chi connectivity index (χ0) is 14.8. The van der Waals surface area contributed by atoms with E-state index in [0.717, 1.165) is 0 Å². The first-order chi connectivity index (χ1) is 8.74. The van der Waals surface area contributed by atoms with Crippen LogP contribution in [0.15, 0.2) is 35.7 Å². The Labute approximate surface area is 121 Å². The highest BCUT2D eigenvalue weighted by Gasteiger charge is 2.26. The molecule has 0 fully saturated rings. The molecule has 1 aromatic heterocycles. The average Bonchev–Trinajstić information content (AvgIpc) is 2.72. The first kappa shape index (κ1) is 15.9. The lowest BCUT2D eigenvalue weighted by atomic mass is 10.1. The van der Waals surface area contributed by atoms with E-state index in [0.29, 0.717) is 17.1 Å². The second kappa shape index (κ2) is 5.84. The van der Waals surface area contributed by atoms with E-state index in [9.17, 15) is 4.39 Å². The largest absolute Gasteiger partial charge is 0.371 e. The van der Waals surface area contributed by atoms with Crippen LogP contribution in [0, 0.1) is 0 Å². The molecule has 1 heterocycles. The molecule has 1 rings (SSSR count). The molecule has 0 saturated heterocycles. The third kappa shape index (κ3) is 3.22. The van der Waals surface area contributed by atoms with Crippen molar-refractivity contribution in [1.29, 1.82) is 0 Å². The zero-order valence-corrected chi connectivity index (χ0v) is 13.2. The standard InChI is InChI=1S/C14H18BrFN2O/c1-7-10(12(16)9(2)15)11-8-18(5)13(17-11)14(3,4)19-6/h7-8H,1-2H2,3-6H3/b12-10-. The van der Waals surface area contributed by atoms with Crippen molar-refractivity contribution < 1.29 is 9.13 Å². The summed E-state index contributed by atoms with van der Waals surface area (Å²) in [6, 6.07) is 0. The van der Waals surface area contributed by atoms with Crippen molar-refractivity contribution in [3.8, 4) is 0 Å². The van der Waals surface area contributed by atoms with Gasteiger partial charge in [0.15, 0.2) is 0 Å². The Kier molecular flexibility index (Phi) is 4.87. The van der Waals surface area contributed by atoms with E-state index in [1.165, 1.54) is 6.08 Å². The molecule has 0 amide bonds. The van der Waals surface area contributed by atoms with Crippen molar-refractivity contribution in [1.82, 2.24) is 9.55 Å². The summed E-state index contributed by atoms with van der Waals surface area (Å²) >= 11 is 3.02. The van der Waals surface area contributed by atoms with Gasteiger partial charge in [-0.15, -0.1) is 0 Å². The van der Waals surface area contributed by atoms with Crippen molar-refractivity contribution in [3.63, 3.8) is 0 Å². The molecule has 0 aliphatic carbocycles. The quantitative estimate of drug-likeness (QED) is 0.761. The molecule has 0 aromatic carbocycles. The van der Waals surface area contributed by atoms with Gasteiger partial charge in [0.1, 0.15) is 17.3 Å². The van der Waals surface area contributed by atoms with Gasteiger partial charge in [-0.2, -0.15) is 0 Å². The number of halogens is 2. The maximum Gasteiger partial charge on any atom is 0.146 e. The van der Waals surface area contributed by atoms with Crippen LogP contribution in [0.4, 0.5) is 4.39 Å². The number of hydrogen-bond donors (Lipinski definition) is 0. The number of ether oxygens (including phenoxy) is 1. The van der Waals surface area contributed by atoms with E-state index in [1.807, 2.05) is 25.5 Å². The molecule has 19 heavy (non-hydrogen) atoms. The number of nitrogens with zero attached hydrogens (tertiary/aromatic N) is 2. The molecule has 0 aliphatic heterocycles. The first-order valence-electron chi connectivity index (χ1n) is 5.71. The maximum absolute atomic E-state index is 14.0. The second-order valence-corrected chi connectivity index (χ2v) is 5.57. The van der Waals surface area contributed by atoms with Gasteiger partial charge < -0.3 is 9.30 Å². The molecule has 0 radical (unpaired) electrons. The first-order valence-corrected chi connectivity index (χ1v) is 6.50. The minimum Gasteiger partial charge on any atom is -0.371 e. The Bertz CT molecular complexity index is 544. The van der Waals surface area contributed by atoms with Gasteiger partial charge in [0, 0.05) is 30.4 Å². The number of hydrogen-bond acceptors (Lipinski definition) is 2. The van der Waals surface area contributed by atoms with Crippen LogP contribution in [0.5, 0.6) is 0 Å². The van der Waals surface area contributed by atoms with Crippen molar-refractivity contribution in [3.05, 3.63) is 47.3 Å². The summed E-state index contributed by atoms with van der Waals surface area (Å²) in [4.78, 5) is 4.43. The highest BCUT2D eigenvalue weighted by atomic mass is 79.9. The summed E-state index contributed by atoms with van der Waals surface area (Å²) in [6.45, 7) is 10.9. The fourth-order valence-corrected chi connectivity index (χ4v) is 1.91. The van der Waals surface area contributed by atoms with E-state index >= 15 is 0 Å². The van der Waals surface area contributed by atoms with Crippen LogP contribution in [0.3, 0.4) is 0 Å². The number of aryl methyl sites for hydroxylation is 1. The lowest BCUT2D eigenvalue weighted by molar-refractivity contribution is 0.00928. The van der Waals surface area contributed by atoms with Crippen molar-refractivity contribution in [2.24, 2.45) is 7.05 Å². The molecule has 3 nitrogen and oxygen atoms in total. The maximum atomic E-state index is 14.0. The highest BCUT2D eigenvalue weighted by Crippen LogP contribution is 2.30. The molecule has 0 atom stereocenters. The fraction of sp³-hybridized carbons (Fsp3) is 0.357. The summed E-state index contributed by atoms with van der Waals surface area (Å²) in [7, 11) is 3.45. The van der Waals surface area contributed by atoms with Crippen LogP contribution >= 0.6 is 15.9 Å². The van der Waals surface area contributed by atoms with Crippen LogP contribution in [-0.2, 0) is 17.4 Å². The highest BCUT2D eigenvalue weighted by molar-refractivity contribution is 9.11. The number of imidazole rings is 1. The van der Waals surface area contributed by atoms with Gasteiger partial charge in [-0.05, 0) is 29.8 Å². The molecular formula is C14H18BrFN2O. The zero-order valence-electron chi connectivity index (χ0n) is 11.6. The molecule has 5 heteroatoms. The molecule has 0 bridgehead atoms. The Morgan fingerprint density at radius 3 is 2.58 bits per heavy atom. The molecular weight excluding hydrogens is 311 g/mol. The van der Waals surface area contributed by atoms with Gasteiger partial charge in [0.05, 0.1) is 5.69 Å².